The van der Waals surface area contributed by atoms with Gasteiger partial charge in [0, 0.05) is 20.7 Å². The molecule has 1 aromatic carbocycles. The first-order chi connectivity index (χ1) is 6.79. The van der Waals surface area contributed by atoms with Crippen LogP contribution in [0.1, 0.15) is 5.69 Å². The zero-order chi connectivity index (χ0) is 9.97. The highest BCUT2D eigenvalue weighted by molar-refractivity contribution is 9.10. The highest BCUT2D eigenvalue weighted by Crippen LogP contribution is 2.25. The zero-order valence-corrected chi connectivity index (χ0v) is 11.2. The molecule has 14 heavy (non-hydrogen) atoms. The molecule has 2 aromatic rings. The minimum atomic E-state index is 0.819. The Balaban J connectivity index is 2.34. The number of rotatable bonds is 2. The van der Waals surface area contributed by atoms with Crippen LogP contribution in [0, 0.1) is 0 Å². The summed E-state index contributed by atoms with van der Waals surface area (Å²) in [6, 6.07) is 8.21. The Kier molecular flexibility index (Phi) is 3.36. The zero-order valence-electron chi connectivity index (χ0n) is 7.21. The second-order valence-electron chi connectivity index (χ2n) is 2.78. The fourth-order valence-electron chi connectivity index (χ4n) is 1.09. The number of aromatic nitrogens is 1. The van der Waals surface area contributed by atoms with Gasteiger partial charge < -0.3 is 0 Å². The molecule has 0 fully saturated rings. The third-order valence-corrected chi connectivity index (χ3v) is 3.82. The van der Waals surface area contributed by atoms with Crippen LogP contribution in [-0.4, -0.2) is 4.98 Å². The Morgan fingerprint density at radius 3 is 2.50 bits per heavy atom. The van der Waals surface area contributed by atoms with Gasteiger partial charge in [-0.25, -0.2) is 4.98 Å². The van der Waals surface area contributed by atoms with Crippen LogP contribution in [-0.2, 0) is 5.33 Å². The maximum absolute atomic E-state index is 4.48. The predicted molar refractivity (Wildman–Crippen MR) is 67.9 cm³/mol. The van der Waals surface area contributed by atoms with Crippen molar-refractivity contribution in [1.82, 2.24) is 4.98 Å². The molecule has 0 aliphatic carbocycles. The summed E-state index contributed by atoms with van der Waals surface area (Å²) < 4.78 is 1.10. The molecule has 0 aliphatic heterocycles. The molecule has 1 aromatic heterocycles. The Bertz CT molecular complexity index is 422. The van der Waals surface area contributed by atoms with Gasteiger partial charge in [-0.3, -0.25) is 0 Å². The third kappa shape index (κ3) is 2.24. The number of hydrogen-bond acceptors (Lipinski definition) is 2. The highest BCUT2D eigenvalue weighted by atomic mass is 79.9. The van der Waals surface area contributed by atoms with Crippen LogP contribution in [0.2, 0.25) is 0 Å². The number of halogens is 2. The molecule has 0 N–H and O–H groups in total. The van der Waals surface area contributed by atoms with Crippen molar-refractivity contribution >= 4 is 43.2 Å². The van der Waals surface area contributed by atoms with Gasteiger partial charge in [-0.2, -0.15) is 0 Å². The summed E-state index contributed by atoms with van der Waals surface area (Å²) in [7, 11) is 0. The molecule has 0 unspecified atom stereocenters. The molecule has 0 spiro atoms. The summed E-state index contributed by atoms with van der Waals surface area (Å²) in [6.07, 6.45) is 0. The number of thiazole rings is 1. The van der Waals surface area contributed by atoms with Crippen LogP contribution in [0.25, 0.3) is 10.6 Å². The Morgan fingerprint density at radius 2 is 1.93 bits per heavy atom. The lowest BCUT2D eigenvalue weighted by Crippen LogP contribution is -1.78. The minimum absolute atomic E-state index is 0.819. The summed E-state index contributed by atoms with van der Waals surface area (Å²) in [5.74, 6) is 0. The second-order valence-corrected chi connectivity index (χ2v) is 5.12. The SMILES string of the molecule is BrCc1csc(-c2ccc(Br)cc2)n1. The standard InChI is InChI=1S/C10H7Br2NS/c11-5-9-6-14-10(13-9)7-1-3-8(12)4-2-7/h1-4,6H,5H2. The van der Waals surface area contributed by atoms with Gasteiger partial charge in [0.2, 0.25) is 0 Å². The van der Waals surface area contributed by atoms with E-state index in [0.29, 0.717) is 0 Å². The van der Waals surface area contributed by atoms with Crippen molar-refractivity contribution in [3.63, 3.8) is 0 Å². The molecular formula is C10H7Br2NS. The van der Waals surface area contributed by atoms with Crippen LogP contribution >= 0.6 is 43.2 Å². The monoisotopic (exact) mass is 331 g/mol. The summed E-state index contributed by atoms with van der Waals surface area (Å²) in [5.41, 5.74) is 2.26. The van der Waals surface area contributed by atoms with Gasteiger partial charge in [-0.15, -0.1) is 11.3 Å². The van der Waals surface area contributed by atoms with E-state index in [0.717, 1.165) is 20.5 Å². The molecule has 1 nitrogen and oxygen atoms in total. The van der Waals surface area contributed by atoms with Gasteiger partial charge in [0.1, 0.15) is 5.01 Å². The van der Waals surface area contributed by atoms with E-state index in [9.17, 15) is 0 Å². The lowest BCUT2D eigenvalue weighted by molar-refractivity contribution is 1.25. The van der Waals surface area contributed by atoms with Crippen LogP contribution in [0.5, 0.6) is 0 Å². The van der Waals surface area contributed by atoms with Gasteiger partial charge in [0.15, 0.2) is 0 Å². The average Bonchev–Trinajstić information content (AvgIpc) is 2.67. The largest absolute Gasteiger partial charge is 0.240 e. The van der Waals surface area contributed by atoms with Crippen molar-refractivity contribution in [2.45, 2.75) is 5.33 Å². The maximum Gasteiger partial charge on any atom is 0.123 e. The van der Waals surface area contributed by atoms with E-state index in [2.05, 4.69) is 54.4 Å². The molecule has 72 valence electrons. The molecule has 0 aliphatic rings. The van der Waals surface area contributed by atoms with Crippen molar-refractivity contribution in [3.05, 3.63) is 39.8 Å². The lowest BCUT2D eigenvalue weighted by Gasteiger charge is -1.95. The Hall–Kier alpha value is -0.190. The van der Waals surface area contributed by atoms with Gasteiger partial charge >= 0.3 is 0 Å². The highest BCUT2D eigenvalue weighted by Gasteiger charge is 2.02. The van der Waals surface area contributed by atoms with Gasteiger partial charge in [-0.1, -0.05) is 44.0 Å². The van der Waals surface area contributed by atoms with Crippen LogP contribution in [0.15, 0.2) is 34.1 Å². The fraction of sp³-hybridized carbons (Fsp3) is 0.100. The molecule has 0 atom stereocenters. The van der Waals surface area contributed by atoms with Crippen molar-refractivity contribution in [2.24, 2.45) is 0 Å². The molecule has 0 amide bonds. The van der Waals surface area contributed by atoms with Crippen molar-refractivity contribution in [2.75, 3.05) is 0 Å². The van der Waals surface area contributed by atoms with E-state index in [-0.39, 0.29) is 0 Å². The summed E-state index contributed by atoms with van der Waals surface area (Å²) in [5, 5.41) is 3.97. The number of nitrogens with zero attached hydrogens (tertiary/aromatic N) is 1. The number of hydrogen-bond donors (Lipinski definition) is 0. The first kappa shape index (κ1) is 10.3. The predicted octanol–water partition coefficient (Wildman–Crippen LogP) is 4.47. The average molecular weight is 333 g/mol. The molecular weight excluding hydrogens is 326 g/mol. The molecule has 1 heterocycles. The number of benzene rings is 1. The molecule has 0 saturated carbocycles. The van der Waals surface area contributed by atoms with Crippen LogP contribution in [0.4, 0.5) is 0 Å². The summed E-state index contributed by atoms with van der Waals surface area (Å²) >= 11 is 8.48. The Labute approximate surface area is 103 Å². The van der Waals surface area contributed by atoms with E-state index in [4.69, 9.17) is 0 Å². The molecule has 0 saturated heterocycles. The number of alkyl halides is 1. The van der Waals surface area contributed by atoms with Gasteiger partial charge in [-0.05, 0) is 12.1 Å². The van der Waals surface area contributed by atoms with E-state index in [1.165, 1.54) is 5.56 Å². The van der Waals surface area contributed by atoms with Crippen LogP contribution in [0.3, 0.4) is 0 Å². The van der Waals surface area contributed by atoms with Crippen molar-refractivity contribution < 1.29 is 0 Å². The minimum Gasteiger partial charge on any atom is -0.240 e. The molecule has 0 radical (unpaired) electrons. The molecule has 2 rings (SSSR count). The maximum atomic E-state index is 4.48. The van der Waals surface area contributed by atoms with Crippen molar-refractivity contribution in [3.8, 4) is 10.6 Å². The van der Waals surface area contributed by atoms with Gasteiger partial charge in [0.05, 0.1) is 5.69 Å². The Morgan fingerprint density at radius 1 is 1.21 bits per heavy atom. The van der Waals surface area contributed by atoms with E-state index >= 15 is 0 Å². The lowest BCUT2D eigenvalue weighted by atomic mass is 10.2. The molecule has 4 heteroatoms. The van der Waals surface area contributed by atoms with E-state index in [1.54, 1.807) is 11.3 Å². The van der Waals surface area contributed by atoms with Crippen molar-refractivity contribution in [1.29, 1.82) is 0 Å². The topological polar surface area (TPSA) is 12.9 Å². The third-order valence-electron chi connectivity index (χ3n) is 1.78. The second kappa shape index (κ2) is 4.55. The van der Waals surface area contributed by atoms with Crippen LogP contribution < -0.4 is 0 Å². The summed E-state index contributed by atoms with van der Waals surface area (Å²) in [4.78, 5) is 4.48. The van der Waals surface area contributed by atoms with E-state index < -0.39 is 0 Å². The summed E-state index contributed by atoms with van der Waals surface area (Å²) in [6.45, 7) is 0. The first-order valence-electron chi connectivity index (χ1n) is 4.06. The normalized spacial score (nSPS) is 10.4. The fourth-order valence-corrected chi connectivity index (χ4v) is 2.69. The van der Waals surface area contributed by atoms with E-state index in [1.807, 2.05) is 12.1 Å². The smallest absolute Gasteiger partial charge is 0.123 e. The molecule has 0 bridgehead atoms. The quantitative estimate of drug-likeness (QED) is 0.739. The van der Waals surface area contributed by atoms with Gasteiger partial charge in [0.25, 0.3) is 0 Å². The first-order valence-corrected chi connectivity index (χ1v) is 6.85.